The van der Waals surface area contributed by atoms with Crippen molar-refractivity contribution in [1.29, 1.82) is 0 Å². The third-order valence-corrected chi connectivity index (χ3v) is 4.08. The van der Waals surface area contributed by atoms with E-state index in [0.717, 1.165) is 27.2 Å². The minimum Gasteiger partial charge on any atom is -0.438 e. The van der Waals surface area contributed by atoms with Crippen LogP contribution in [0.25, 0.3) is 0 Å². The minimum atomic E-state index is 0.412. The molecule has 112 valence electrons. The largest absolute Gasteiger partial charge is 0.438 e. The molecule has 0 unspecified atom stereocenters. The highest BCUT2D eigenvalue weighted by molar-refractivity contribution is 9.10. The van der Waals surface area contributed by atoms with Crippen molar-refractivity contribution in [3.63, 3.8) is 0 Å². The van der Waals surface area contributed by atoms with Gasteiger partial charge in [0.15, 0.2) is 0 Å². The van der Waals surface area contributed by atoms with Crippen molar-refractivity contribution in [1.82, 2.24) is 10.3 Å². The summed E-state index contributed by atoms with van der Waals surface area (Å²) in [6.45, 7) is 4.96. The monoisotopic (exact) mass is 366 g/mol. The molecular formula is C16H19BrN2OS. The number of nitrogens with zero attached hydrogens (tertiary/aromatic N) is 1. The fourth-order valence-corrected chi connectivity index (χ4v) is 2.71. The van der Waals surface area contributed by atoms with E-state index in [-0.39, 0.29) is 0 Å². The smallest absolute Gasteiger partial charge is 0.223 e. The Labute approximate surface area is 138 Å². The lowest BCUT2D eigenvalue weighted by Gasteiger charge is -2.14. The summed E-state index contributed by atoms with van der Waals surface area (Å²) >= 11 is 5.13. The number of aromatic nitrogens is 1. The van der Waals surface area contributed by atoms with Crippen LogP contribution >= 0.6 is 27.7 Å². The standard InChI is InChI=1S/C16H19BrN2OS/c1-11(2)18-9-12-8-13(17)10-19-16(12)20-14-6-4-5-7-15(14)21-3/h4-8,10-11,18H,9H2,1-3H3. The summed E-state index contributed by atoms with van der Waals surface area (Å²) in [5.41, 5.74) is 1.04. The fourth-order valence-electron chi connectivity index (χ4n) is 1.81. The van der Waals surface area contributed by atoms with E-state index in [1.54, 1.807) is 18.0 Å². The predicted octanol–water partition coefficient (Wildman–Crippen LogP) is 4.86. The predicted molar refractivity (Wildman–Crippen MR) is 92.2 cm³/mol. The molecule has 0 saturated carbocycles. The Balaban J connectivity index is 2.26. The van der Waals surface area contributed by atoms with Crippen molar-refractivity contribution in [2.24, 2.45) is 0 Å². The van der Waals surface area contributed by atoms with Crippen molar-refractivity contribution in [2.45, 2.75) is 31.3 Å². The first kappa shape index (κ1) is 16.3. The third kappa shape index (κ3) is 4.73. The van der Waals surface area contributed by atoms with E-state index >= 15 is 0 Å². The fraction of sp³-hybridized carbons (Fsp3) is 0.312. The molecule has 1 N–H and O–H groups in total. The normalized spacial score (nSPS) is 10.9. The molecule has 0 saturated heterocycles. The molecule has 1 aromatic heterocycles. The summed E-state index contributed by atoms with van der Waals surface area (Å²) in [5.74, 6) is 1.48. The number of halogens is 1. The van der Waals surface area contributed by atoms with Gasteiger partial charge in [-0.1, -0.05) is 26.0 Å². The first-order valence-corrected chi connectivity index (χ1v) is 8.80. The van der Waals surface area contributed by atoms with Crippen LogP contribution in [0.4, 0.5) is 0 Å². The number of para-hydroxylation sites is 1. The van der Waals surface area contributed by atoms with E-state index in [9.17, 15) is 0 Å². The molecule has 0 aliphatic carbocycles. The Bertz CT molecular complexity index is 605. The molecule has 2 aromatic rings. The summed E-state index contributed by atoms with van der Waals surface area (Å²) in [6.07, 6.45) is 3.80. The van der Waals surface area contributed by atoms with Crippen LogP contribution < -0.4 is 10.1 Å². The molecule has 0 radical (unpaired) electrons. The van der Waals surface area contributed by atoms with Gasteiger partial charge in [-0.25, -0.2) is 4.98 Å². The number of hydrogen-bond donors (Lipinski definition) is 1. The summed E-state index contributed by atoms with van der Waals surface area (Å²) in [5, 5.41) is 3.40. The molecular weight excluding hydrogens is 348 g/mol. The van der Waals surface area contributed by atoms with Gasteiger partial charge in [-0.15, -0.1) is 11.8 Å². The quantitative estimate of drug-likeness (QED) is 0.740. The molecule has 0 aliphatic rings. The Kier molecular flexibility index (Phi) is 6.08. The van der Waals surface area contributed by atoms with Crippen LogP contribution in [0.15, 0.2) is 45.9 Å². The Morgan fingerprint density at radius 3 is 2.81 bits per heavy atom. The Morgan fingerprint density at radius 1 is 1.33 bits per heavy atom. The molecule has 2 rings (SSSR count). The molecule has 0 spiro atoms. The summed E-state index contributed by atoms with van der Waals surface area (Å²) in [4.78, 5) is 5.51. The van der Waals surface area contributed by atoms with Crippen molar-refractivity contribution >= 4 is 27.7 Å². The molecule has 0 fully saturated rings. The maximum Gasteiger partial charge on any atom is 0.223 e. The van der Waals surface area contributed by atoms with Crippen LogP contribution in [-0.2, 0) is 6.54 Å². The molecule has 5 heteroatoms. The average Bonchev–Trinajstić information content (AvgIpc) is 2.48. The van der Waals surface area contributed by atoms with E-state index in [0.29, 0.717) is 11.9 Å². The van der Waals surface area contributed by atoms with Crippen LogP contribution in [0.5, 0.6) is 11.6 Å². The number of thioether (sulfide) groups is 1. The second-order valence-corrected chi connectivity index (χ2v) is 6.67. The SMILES string of the molecule is CSc1ccccc1Oc1ncc(Br)cc1CNC(C)C. The topological polar surface area (TPSA) is 34.1 Å². The molecule has 0 atom stereocenters. The van der Waals surface area contributed by atoms with Crippen molar-refractivity contribution in [3.8, 4) is 11.6 Å². The zero-order valence-electron chi connectivity index (χ0n) is 12.4. The lowest BCUT2D eigenvalue weighted by molar-refractivity contribution is 0.440. The van der Waals surface area contributed by atoms with Gasteiger partial charge in [0.2, 0.25) is 5.88 Å². The lowest BCUT2D eigenvalue weighted by Crippen LogP contribution is -2.22. The first-order chi connectivity index (χ1) is 10.1. The Morgan fingerprint density at radius 2 is 2.10 bits per heavy atom. The van der Waals surface area contributed by atoms with Gasteiger partial charge in [0.25, 0.3) is 0 Å². The average molecular weight is 367 g/mol. The van der Waals surface area contributed by atoms with Gasteiger partial charge in [-0.2, -0.15) is 0 Å². The van der Waals surface area contributed by atoms with Crippen LogP contribution in [0.3, 0.4) is 0 Å². The molecule has 1 heterocycles. The Hall–Kier alpha value is -1.04. The van der Waals surface area contributed by atoms with E-state index in [1.807, 2.05) is 36.6 Å². The zero-order chi connectivity index (χ0) is 15.2. The van der Waals surface area contributed by atoms with Gasteiger partial charge < -0.3 is 10.1 Å². The van der Waals surface area contributed by atoms with E-state index < -0.39 is 0 Å². The molecule has 1 aromatic carbocycles. The number of nitrogens with one attached hydrogen (secondary N) is 1. The van der Waals surface area contributed by atoms with Gasteiger partial charge >= 0.3 is 0 Å². The van der Waals surface area contributed by atoms with Gasteiger partial charge in [-0.05, 0) is 40.4 Å². The van der Waals surface area contributed by atoms with Gasteiger partial charge in [0.1, 0.15) is 5.75 Å². The maximum atomic E-state index is 6.03. The van der Waals surface area contributed by atoms with Crippen LogP contribution in [0.2, 0.25) is 0 Å². The van der Waals surface area contributed by atoms with E-state index in [1.165, 1.54) is 0 Å². The molecule has 3 nitrogen and oxygen atoms in total. The number of rotatable bonds is 6. The highest BCUT2D eigenvalue weighted by Crippen LogP contribution is 2.32. The second kappa shape index (κ2) is 7.82. The van der Waals surface area contributed by atoms with Crippen LogP contribution in [0.1, 0.15) is 19.4 Å². The molecule has 21 heavy (non-hydrogen) atoms. The summed E-state index contributed by atoms with van der Waals surface area (Å²) in [7, 11) is 0. The number of hydrogen-bond acceptors (Lipinski definition) is 4. The van der Waals surface area contributed by atoms with Crippen LogP contribution in [0, 0.1) is 0 Å². The minimum absolute atomic E-state index is 0.412. The van der Waals surface area contributed by atoms with Crippen molar-refractivity contribution in [2.75, 3.05) is 6.26 Å². The molecule has 0 amide bonds. The third-order valence-electron chi connectivity index (χ3n) is 2.87. The number of ether oxygens (including phenoxy) is 1. The highest BCUT2D eigenvalue weighted by Gasteiger charge is 2.10. The molecule has 0 aliphatic heterocycles. The van der Waals surface area contributed by atoms with Crippen molar-refractivity contribution in [3.05, 3.63) is 46.6 Å². The van der Waals surface area contributed by atoms with Crippen molar-refractivity contribution < 1.29 is 4.74 Å². The summed E-state index contributed by atoms with van der Waals surface area (Å²) in [6, 6.07) is 10.4. The number of benzene rings is 1. The van der Waals surface area contributed by atoms with Gasteiger partial charge in [-0.3, -0.25) is 0 Å². The maximum absolute atomic E-state index is 6.03. The van der Waals surface area contributed by atoms with Crippen LogP contribution in [-0.4, -0.2) is 17.3 Å². The zero-order valence-corrected chi connectivity index (χ0v) is 14.8. The van der Waals surface area contributed by atoms with Gasteiger partial charge in [0.05, 0.1) is 0 Å². The first-order valence-electron chi connectivity index (χ1n) is 6.79. The summed E-state index contributed by atoms with van der Waals surface area (Å²) < 4.78 is 6.98. The lowest BCUT2D eigenvalue weighted by atomic mass is 10.2. The second-order valence-electron chi connectivity index (χ2n) is 4.91. The van der Waals surface area contributed by atoms with E-state index in [2.05, 4.69) is 40.1 Å². The van der Waals surface area contributed by atoms with E-state index in [4.69, 9.17) is 4.74 Å². The molecule has 0 bridgehead atoms. The number of pyridine rings is 1. The van der Waals surface area contributed by atoms with Gasteiger partial charge in [0, 0.05) is 33.7 Å². The highest BCUT2D eigenvalue weighted by atomic mass is 79.9.